The van der Waals surface area contributed by atoms with E-state index in [1.807, 2.05) is 13.8 Å². The van der Waals surface area contributed by atoms with Crippen molar-refractivity contribution in [2.24, 2.45) is 11.7 Å². The van der Waals surface area contributed by atoms with Crippen molar-refractivity contribution in [1.29, 1.82) is 0 Å². The third kappa shape index (κ3) is 10.0. The lowest BCUT2D eigenvalue weighted by Crippen LogP contribution is -2.19. The molecule has 0 aliphatic carbocycles. The van der Waals surface area contributed by atoms with Crippen LogP contribution < -0.4 is 5.73 Å². The van der Waals surface area contributed by atoms with Gasteiger partial charge in [0.25, 0.3) is 6.47 Å². The molecule has 4 nitrogen and oxygen atoms in total. The number of carboxylic acid groups (broad SMARTS) is 1. The second-order valence-electron chi connectivity index (χ2n) is 1.82. The minimum atomic E-state index is -0.250. The van der Waals surface area contributed by atoms with Crippen molar-refractivity contribution in [1.82, 2.24) is 0 Å². The molecule has 1 unspecified atom stereocenters. The Morgan fingerprint density at radius 2 is 2.10 bits per heavy atom. The second-order valence-corrected chi connectivity index (χ2v) is 1.82. The fourth-order valence-electron chi connectivity index (χ4n) is 0.201. The van der Waals surface area contributed by atoms with E-state index in [1.54, 1.807) is 0 Å². The van der Waals surface area contributed by atoms with E-state index in [9.17, 15) is 4.79 Å². The monoisotopic (exact) mass is 147 g/mol. The number of rotatable bonds is 2. The molecule has 0 bridgehead atoms. The lowest BCUT2D eigenvalue weighted by atomic mass is 10.1. The van der Waals surface area contributed by atoms with E-state index in [4.69, 9.17) is 15.6 Å². The van der Waals surface area contributed by atoms with Crippen LogP contribution in [0.2, 0.25) is 0 Å². The van der Waals surface area contributed by atoms with Crippen LogP contribution in [0.25, 0.3) is 0 Å². The summed E-state index contributed by atoms with van der Waals surface area (Å²) in [5.41, 5.74) is 4.91. The number of hydrogen-bond donors (Lipinski definition) is 2. The van der Waals surface area contributed by atoms with E-state index < -0.39 is 0 Å². The fraction of sp³-hybridized carbons (Fsp3) is 0.667. The molecule has 0 radical (unpaired) electrons. The SMILES string of the molecule is CCC(C)C(N)=O.O=CO. The van der Waals surface area contributed by atoms with Gasteiger partial charge in [-0.3, -0.25) is 9.59 Å². The van der Waals surface area contributed by atoms with Crippen molar-refractivity contribution in [2.45, 2.75) is 20.3 Å². The predicted molar refractivity (Wildman–Crippen MR) is 37.3 cm³/mol. The van der Waals surface area contributed by atoms with Crippen molar-refractivity contribution < 1.29 is 14.7 Å². The Hall–Kier alpha value is -1.06. The molecule has 0 heterocycles. The van der Waals surface area contributed by atoms with Crippen LogP contribution in [0.4, 0.5) is 0 Å². The molecule has 0 aromatic heterocycles. The van der Waals surface area contributed by atoms with Crippen molar-refractivity contribution in [2.75, 3.05) is 0 Å². The lowest BCUT2D eigenvalue weighted by molar-refractivity contribution is -0.123. The van der Waals surface area contributed by atoms with Crippen molar-refractivity contribution >= 4 is 12.4 Å². The van der Waals surface area contributed by atoms with Gasteiger partial charge in [0.15, 0.2) is 0 Å². The number of carbonyl (C=O) groups excluding carboxylic acids is 1. The fourth-order valence-corrected chi connectivity index (χ4v) is 0.201. The normalized spacial score (nSPS) is 10.6. The Morgan fingerprint density at radius 3 is 2.10 bits per heavy atom. The highest BCUT2D eigenvalue weighted by Crippen LogP contribution is 1.96. The number of hydrogen-bond acceptors (Lipinski definition) is 2. The number of nitrogens with two attached hydrogens (primary N) is 1. The highest BCUT2D eigenvalue weighted by atomic mass is 16.3. The summed E-state index contributed by atoms with van der Waals surface area (Å²) in [6.45, 7) is 3.51. The van der Waals surface area contributed by atoms with Gasteiger partial charge in [0.1, 0.15) is 0 Å². The van der Waals surface area contributed by atoms with Gasteiger partial charge in [0.2, 0.25) is 5.91 Å². The quantitative estimate of drug-likeness (QED) is 0.548. The molecular weight excluding hydrogens is 134 g/mol. The molecule has 10 heavy (non-hydrogen) atoms. The summed E-state index contributed by atoms with van der Waals surface area (Å²) >= 11 is 0. The Labute approximate surface area is 60.0 Å². The summed E-state index contributed by atoms with van der Waals surface area (Å²) in [6, 6.07) is 0. The van der Waals surface area contributed by atoms with Crippen LogP contribution in [0.15, 0.2) is 0 Å². The van der Waals surface area contributed by atoms with Crippen LogP contribution in [0.3, 0.4) is 0 Å². The van der Waals surface area contributed by atoms with Gasteiger partial charge in [-0.1, -0.05) is 13.8 Å². The molecule has 0 saturated carbocycles. The van der Waals surface area contributed by atoms with Gasteiger partial charge in [-0.25, -0.2) is 0 Å². The Balaban J connectivity index is 0. The zero-order chi connectivity index (χ0) is 8.57. The first-order valence-corrected chi connectivity index (χ1v) is 2.97. The summed E-state index contributed by atoms with van der Waals surface area (Å²) < 4.78 is 0. The third-order valence-electron chi connectivity index (χ3n) is 1.10. The first-order valence-electron chi connectivity index (χ1n) is 2.97. The van der Waals surface area contributed by atoms with Crippen LogP contribution in [0.5, 0.6) is 0 Å². The van der Waals surface area contributed by atoms with Crippen LogP contribution >= 0.6 is 0 Å². The van der Waals surface area contributed by atoms with Gasteiger partial charge in [-0.15, -0.1) is 0 Å². The van der Waals surface area contributed by atoms with Crippen LogP contribution in [0, 0.1) is 5.92 Å². The summed E-state index contributed by atoms with van der Waals surface area (Å²) in [5.74, 6) is -0.164. The molecule has 3 N–H and O–H groups in total. The van der Waals surface area contributed by atoms with Gasteiger partial charge < -0.3 is 10.8 Å². The highest BCUT2D eigenvalue weighted by Gasteiger charge is 2.02. The zero-order valence-electron chi connectivity index (χ0n) is 6.20. The smallest absolute Gasteiger partial charge is 0.290 e. The molecule has 0 aromatic rings. The first-order chi connectivity index (χ1) is 4.59. The molecule has 4 heteroatoms. The van der Waals surface area contributed by atoms with E-state index in [0.29, 0.717) is 0 Å². The van der Waals surface area contributed by atoms with Crippen LogP contribution in [-0.4, -0.2) is 17.5 Å². The summed E-state index contributed by atoms with van der Waals surface area (Å²) in [7, 11) is 0. The first kappa shape index (κ1) is 11.7. The molecule has 60 valence electrons. The average molecular weight is 147 g/mol. The van der Waals surface area contributed by atoms with Crippen molar-refractivity contribution in [3.05, 3.63) is 0 Å². The largest absolute Gasteiger partial charge is 0.483 e. The molecule has 1 atom stereocenters. The molecule has 0 aliphatic heterocycles. The van der Waals surface area contributed by atoms with E-state index in [-0.39, 0.29) is 18.3 Å². The Kier molecular flexibility index (Phi) is 9.29. The molecule has 0 aromatic carbocycles. The summed E-state index contributed by atoms with van der Waals surface area (Å²) in [6.07, 6.45) is 0.843. The van der Waals surface area contributed by atoms with Crippen LogP contribution in [0.1, 0.15) is 20.3 Å². The van der Waals surface area contributed by atoms with E-state index in [2.05, 4.69) is 0 Å². The molecular formula is C6H13NO3. The maximum absolute atomic E-state index is 10.2. The zero-order valence-corrected chi connectivity index (χ0v) is 6.20. The molecule has 0 spiro atoms. The molecule has 0 aliphatic rings. The Bertz CT molecular complexity index is 103. The highest BCUT2D eigenvalue weighted by molar-refractivity contribution is 5.76. The van der Waals surface area contributed by atoms with E-state index in [0.717, 1.165) is 6.42 Å². The Morgan fingerprint density at radius 1 is 1.80 bits per heavy atom. The van der Waals surface area contributed by atoms with Gasteiger partial charge in [0.05, 0.1) is 0 Å². The topological polar surface area (TPSA) is 80.4 Å². The number of amides is 1. The minimum Gasteiger partial charge on any atom is -0.483 e. The minimum absolute atomic E-state index is 0.0417. The molecule has 0 rings (SSSR count). The van der Waals surface area contributed by atoms with Crippen molar-refractivity contribution in [3.63, 3.8) is 0 Å². The summed E-state index contributed by atoms with van der Waals surface area (Å²) in [5, 5.41) is 6.89. The number of carbonyl (C=O) groups is 2. The molecule has 0 saturated heterocycles. The lowest BCUT2D eigenvalue weighted by Gasteiger charge is -1.98. The second kappa shape index (κ2) is 7.94. The van der Waals surface area contributed by atoms with E-state index in [1.165, 1.54) is 0 Å². The van der Waals surface area contributed by atoms with Crippen molar-refractivity contribution in [3.8, 4) is 0 Å². The number of primary amides is 1. The predicted octanol–water partition coefficient (Wildman–Crippen LogP) is 0.219. The van der Waals surface area contributed by atoms with E-state index >= 15 is 0 Å². The summed E-state index contributed by atoms with van der Waals surface area (Å²) in [4.78, 5) is 18.5. The van der Waals surface area contributed by atoms with Gasteiger partial charge >= 0.3 is 0 Å². The molecule has 1 amide bonds. The van der Waals surface area contributed by atoms with Gasteiger partial charge in [-0.2, -0.15) is 0 Å². The standard InChI is InChI=1S/C5H11NO.CH2O2/c1-3-4(2)5(6)7;2-1-3/h4H,3H2,1-2H3,(H2,6,7);1H,(H,2,3). The average Bonchev–Trinajstić information content (AvgIpc) is 1.88. The van der Waals surface area contributed by atoms with Gasteiger partial charge in [-0.05, 0) is 6.42 Å². The maximum atomic E-state index is 10.2. The molecule has 0 fully saturated rings. The third-order valence-corrected chi connectivity index (χ3v) is 1.10. The maximum Gasteiger partial charge on any atom is 0.290 e. The van der Waals surface area contributed by atoms with Crippen LogP contribution in [-0.2, 0) is 9.59 Å². The van der Waals surface area contributed by atoms with Gasteiger partial charge in [0, 0.05) is 5.92 Å².